The van der Waals surface area contributed by atoms with E-state index in [2.05, 4.69) is 5.32 Å². The lowest BCUT2D eigenvalue weighted by Gasteiger charge is -2.28. The lowest BCUT2D eigenvalue weighted by molar-refractivity contribution is -0.132. The lowest BCUT2D eigenvalue weighted by atomic mass is 9.95. The first-order chi connectivity index (χ1) is 7.08. The fourth-order valence-electron chi connectivity index (χ4n) is 1.36. The van der Waals surface area contributed by atoms with E-state index >= 15 is 0 Å². The topological polar surface area (TPSA) is 73.6 Å². The number of rotatable bonds is 7. The number of carbonyl (C=O) groups excluding carboxylic acids is 1. The molecule has 3 N–H and O–H groups in total. The van der Waals surface area contributed by atoms with Crippen molar-refractivity contribution in [2.75, 3.05) is 26.9 Å². The average Bonchev–Trinajstić information content (AvgIpc) is 2.14. The van der Waals surface area contributed by atoms with E-state index in [1.54, 1.807) is 7.05 Å². The first-order valence-electron chi connectivity index (χ1n) is 5.26. The zero-order valence-electron chi connectivity index (χ0n) is 9.41. The predicted octanol–water partition coefficient (Wildman–Crippen LogP) is -0.355. The van der Waals surface area contributed by atoms with E-state index in [9.17, 15) is 4.79 Å². The molecule has 5 heteroatoms. The molecule has 0 aromatic heterocycles. The second kappa shape index (κ2) is 5.44. The second-order valence-corrected chi connectivity index (χ2v) is 4.08. The van der Waals surface area contributed by atoms with Crippen molar-refractivity contribution >= 4 is 5.91 Å². The summed E-state index contributed by atoms with van der Waals surface area (Å²) in [5, 5.41) is 2.94. The Bertz CT molecular complexity index is 219. The third-order valence-corrected chi connectivity index (χ3v) is 2.88. The molecule has 1 unspecified atom stereocenters. The summed E-state index contributed by atoms with van der Waals surface area (Å²) in [5.74, 6) is -0.322. The number of nitrogens with two attached hydrogens (primary N) is 1. The third-order valence-electron chi connectivity index (χ3n) is 2.88. The van der Waals surface area contributed by atoms with Crippen LogP contribution in [-0.4, -0.2) is 44.4 Å². The maximum Gasteiger partial charge on any atom is 0.237 e. The Labute approximate surface area is 90.3 Å². The van der Waals surface area contributed by atoms with Crippen molar-refractivity contribution in [1.82, 2.24) is 5.32 Å². The van der Waals surface area contributed by atoms with Crippen LogP contribution < -0.4 is 11.1 Å². The highest BCUT2D eigenvalue weighted by Gasteiger charge is 2.28. The standard InChI is InChI=1S/C10H20N2O3/c1-10(12-2,9(11)13)4-3-5-15-8-6-14-7-8/h8,12H,3-7H2,1-2H3,(H2,11,13). The number of hydrogen-bond donors (Lipinski definition) is 2. The zero-order valence-corrected chi connectivity index (χ0v) is 9.41. The third kappa shape index (κ3) is 3.44. The molecular weight excluding hydrogens is 196 g/mol. The molecule has 0 aromatic carbocycles. The van der Waals surface area contributed by atoms with Gasteiger partial charge in [0, 0.05) is 6.61 Å². The monoisotopic (exact) mass is 216 g/mol. The second-order valence-electron chi connectivity index (χ2n) is 4.08. The van der Waals surface area contributed by atoms with Crippen LogP contribution in [0.3, 0.4) is 0 Å². The summed E-state index contributed by atoms with van der Waals surface area (Å²) in [5.41, 5.74) is 4.67. The number of likely N-dealkylation sites (N-methyl/N-ethyl adjacent to an activating group) is 1. The van der Waals surface area contributed by atoms with Crippen molar-refractivity contribution < 1.29 is 14.3 Å². The highest BCUT2D eigenvalue weighted by Crippen LogP contribution is 2.12. The van der Waals surface area contributed by atoms with Gasteiger partial charge in [0.05, 0.1) is 18.8 Å². The van der Waals surface area contributed by atoms with E-state index < -0.39 is 5.54 Å². The van der Waals surface area contributed by atoms with Crippen LogP contribution in [0.4, 0.5) is 0 Å². The van der Waals surface area contributed by atoms with E-state index in [1.165, 1.54) is 0 Å². The fraction of sp³-hybridized carbons (Fsp3) is 0.900. The van der Waals surface area contributed by atoms with Crippen LogP contribution in [0.5, 0.6) is 0 Å². The molecule has 1 atom stereocenters. The molecule has 0 aliphatic carbocycles. The normalized spacial score (nSPS) is 20.7. The van der Waals surface area contributed by atoms with E-state index in [0.29, 0.717) is 26.2 Å². The first kappa shape index (κ1) is 12.4. The van der Waals surface area contributed by atoms with Crippen molar-refractivity contribution in [3.63, 3.8) is 0 Å². The maximum atomic E-state index is 11.1. The van der Waals surface area contributed by atoms with E-state index in [-0.39, 0.29) is 12.0 Å². The number of carbonyl (C=O) groups is 1. The molecule has 1 saturated heterocycles. The summed E-state index contributed by atoms with van der Waals surface area (Å²) < 4.78 is 10.5. The van der Waals surface area contributed by atoms with Gasteiger partial charge in [-0.15, -0.1) is 0 Å². The molecule has 0 saturated carbocycles. The SMILES string of the molecule is CNC(C)(CCCOC1COC1)C(N)=O. The van der Waals surface area contributed by atoms with Crippen LogP contribution in [0.15, 0.2) is 0 Å². The van der Waals surface area contributed by atoms with Crippen molar-refractivity contribution in [2.45, 2.75) is 31.4 Å². The minimum Gasteiger partial charge on any atom is -0.376 e. The quantitative estimate of drug-likeness (QED) is 0.570. The number of ether oxygens (including phenoxy) is 2. The molecule has 0 aromatic rings. The Morgan fingerprint density at radius 2 is 2.33 bits per heavy atom. The number of hydrogen-bond acceptors (Lipinski definition) is 4. The van der Waals surface area contributed by atoms with Gasteiger partial charge in [-0.25, -0.2) is 0 Å². The molecule has 15 heavy (non-hydrogen) atoms. The molecule has 0 spiro atoms. The Hall–Kier alpha value is -0.650. The van der Waals surface area contributed by atoms with Gasteiger partial charge in [-0.2, -0.15) is 0 Å². The van der Waals surface area contributed by atoms with Crippen LogP contribution in [0.2, 0.25) is 0 Å². The molecule has 88 valence electrons. The minimum atomic E-state index is -0.626. The highest BCUT2D eigenvalue weighted by atomic mass is 16.6. The van der Waals surface area contributed by atoms with Gasteiger partial charge < -0.3 is 20.5 Å². The van der Waals surface area contributed by atoms with Gasteiger partial charge >= 0.3 is 0 Å². The van der Waals surface area contributed by atoms with Gasteiger partial charge in [-0.05, 0) is 26.8 Å². The molecule has 1 aliphatic rings. The van der Waals surface area contributed by atoms with Gasteiger partial charge in [0.25, 0.3) is 0 Å². The van der Waals surface area contributed by atoms with Gasteiger partial charge in [0.15, 0.2) is 0 Å². The Morgan fingerprint density at radius 3 is 2.73 bits per heavy atom. The molecule has 1 fully saturated rings. The van der Waals surface area contributed by atoms with Crippen molar-refractivity contribution in [2.24, 2.45) is 5.73 Å². The predicted molar refractivity (Wildman–Crippen MR) is 56.5 cm³/mol. The lowest BCUT2D eigenvalue weighted by Crippen LogP contribution is -2.51. The summed E-state index contributed by atoms with van der Waals surface area (Å²) in [7, 11) is 1.74. The molecule has 1 amide bonds. The molecule has 1 aliphatic heterocycles. The van der Waals surface area contributed by atoms with Gasteiger partial charge in [0.1, 0.15) is 6.10 Å². The van der Waals surface area contributed by atoms with Crippen LogP contribution in [0.25, 0.3) is 0 Å². The van der Waals surface area contributed by atoms with Crippen molar-refractivity contribution in [3.8, 4) is 0 Å². The number of amides is 1. The van der Waals surface area contributed by atoms with Gasteiger partial charge in [-0.1, -0.05) is 0 Å². The fourth-order valence-corrected chi connectivity index (χ4v) is 1.36. The van der Waals surface area contributed by atoms with Gasteiger partial charge in [0.2, 0.25) is 5.91 Å². The Balaban J connectivity index is 2.13. The summed E-state index contributed by atoms with van der Waals surface area (Å²) in [6, 6.07) is 0. The highest BCUT2D eigenvalue weighted by molar-refractivity contribution is 5.84. The summed E-state index contributed by atoms with van der Waals surface area (Å²) in [6.45, 7) is 3.85. The first-order valence-corrected chi connectivity index (χ1v) is 5.26. The smallest absolute Gasteiger partial charge is 0.237 e. The van der Waals surface area contributed by atoms with Crippen molar-refractivity contribution in [3.05, 3.63) is 0 Å². The maximum absolute atomic E-state index is 11.1. The Morgan fingerprint density at radius 1 is 1.67 bits per heavy atom. The average molecular weight is 216 g/mol. The Kier molecular flexibility index (Phi) is 4.50. The number of nitrogens with one attached hydrogen (secondary N) is 1. The van der Waals surface area contributed by atoms with E-state index in [0.717, 1.165) is 6.42 Å². The molecule has 0 radical (unpaired) electrons. The number of primary amides is 1. The van der Waals surface area contributed by atoms with Gasteiger partial charge in [-0.3, -0.25) is 4.79 Å². The molecule has 5 nitrogen and oxygen atoms in total. The van der Waals surface area contributed by atoms with Crippen LogP contribution in [-0.2, 0) is 14.3 Å². The summed E-state index contributed by atoms with van der Waals surface area (Å²) in [4.78, 5) is 11.1. The largest absolute Gasteiger partial charge is 0.376 e. The van der Waals surface area contributed by atoms with E-state index in [1.807, 2.05) is 6.92 Å². The minimum absolute atomic E-state index is 0.249. The molecule has 0 bridgehead atoms. The summed E-state index contributed by atoms with van der Waals surface area (Å²) >= 11 is 0. The molecule has 1 heterocycles. The summed E-state index contributed by atoms with van der Waals surface area (Å²) in [6.07, 6.45) is 1.75. The van der Waals surface area contributed by atoms with E-state index in [4.69, 9.17) is 15.2 Å². The van der Waals surface area contributed by atoms with Crippen molar-refractivity contribution in [1.29, 1.82) is 0 Å². The van der Waals surface area contributed by atoms with Crippen LogP contribution in [0.1, 0.15) is 19.8 Å². The zero-order chi connectivity index (χ0) is 11.3. The van der Waals surface area contributed by atoms with Crippen LogP contribution >= 0.6 is 0 Å². The van der Waals surface area contributed by atoms with Crippen LogP contribution in [0, 0.1) is 0 Å². The molecular formula is C10H20N2O3. The molecule has 1 rings (SSSR count).